The minimum absolute atomic E-state index is 0.209. The number of rotatable bonds is 2. The van der Waals surface area contributed by atoms with Crippen LogP contribution in [0, 0.1) is 6.92 Å². The lowest BCUT2D eigenvalue weighted by Crippen LogP contribution is -2.45. The van der Waals surface area contributed by atoms with Gasteiger partial charge in [0.05, 0.1) is 10.2 Å². The van der Waals surface area contributed by atoms with E-state index in [9.17, 15) is 9.59 Å². The maximum atomic E-state index is 12.6. The van der Waals surface area contributed by atoms with Gasteiger partial charge in [-0.1, -0.05) is 17.4 Å². The number of hydrogen-bond acceptors (Lipinski definition) is 5. The van der Waals surface area contributed by atoms with E-state index < -0.39 is 17.7 Å². The number of hydrogen-bond donors (Lipinski definition) is 1. The normalized spacial score (nSPS) is 17.8. The van der Waals surface area contributed by atoms with Gasteiger partial charge in [-0.15, -0.1) is 0 Å². The fourth-order valence-corrected chi connectivity index (χ4v) is 3.82. The maximum Gasteiger partial charge on any atom is 0.410 e. The van der Waals surface area contributed by atoms with Crippen molar-refractivity contribution in [3.63, 3.8) is 0 Å². The first kappa shape index (κ1) is 17.7. The highest BCUT2D eigenvalue weighted by Gasteiger charge is 2.36. The van der Waals surface area contributed by atoms with E-state index in [-0.39, 0.29) is 5.91 Å². The first-order valence-electron chi connectivity index (χ1n) is 8.40. The number of likely N-dealkylation sites (tertiary alicyclic amines) is 1. The summed E-state index contributed by atoms with van der Waals surface area (Å²) in [5, 5.41) is 3.42. The molecule has 3 rings (SSSR count). The van der Waals surface area contributed by atoms with E-state index >= 15 is 0 Å². The second-order valence-corrected chi connectivity index (χ2v) is 8.34. The molecule has 0 radical (unpaired) electrons. The summed E-state index contributed by atoms with van der Waals surface area (Å²) in [4.78, 5) is 30.9. The summed E-state index contributed by atoms with van der Waals surface area (Å²) in [6.45, 7) is 8.01. The molecule has 1 atom stereocenters. The molecule has 2 aromatic rings. The Morgan fingerprint density at radius 2 is 2.12 bits per heavy atom. The Morgan fingerprint density at radius 3 is 2.84 bits per heavy atom. The molecule has 0 saturated carbocycles. The zero-order valence-corrected chi connectivity index (χ0v) is 15.8. The Balaban J connectivity index is 1.71. The van der Waals surface area contributed by atoms with Gasteiger partial charge in [-0.3, -0.25) is 9.69 Å². The Hall–Kier alpha value is -2.15. The summed E-state index contributed by atoms with van der Waals surface area (Å²) in [7, 11) is 0. The number of nitrogens with one attached hydrogen (secondary N) is 1. The Kier molecular flexibility index (Phi) is 4.69. The summed E-state index contributed by atoms with van der Waals surface area (Å²) in [6.07, 6.45) is 0.982. The standard InChI is InChI=1S/C18H23N3O3S/c1-11-7-8-12-14(10-11)25-16(19-12)20-15(22)13-6-5-9-21(13)17(23)24-18(2,3)4/h7-8,10,13H,5-6,9H2,1-4H3,(H,19,20,22)/t13-/m1/s1. The van der Waals surface area contributed by atoms with Crippen molar-refractivity contribution in [3.8, 4) is 0 Å². The first-order valence-corrected chi connectivity index (χ1v) is 9.22. The fourth-order valence-electron chi connectivity index (χ4n) is 2.85. The number of ether oxygens (including phenoxy) is 1. The van der Waals surface area contributed by atoms with Gasteiger partial charge in [0.15, 0.2) is 5.13 Å². The van der Waals surface area contributed by atoms with Gasteiger partial charge >= 0.3 is 6.09 Å². The van der Waals surface area contributed by atoms with Crippen LogP contribution in [-0.2, 0) is 9.53 Å². The first-order chi connectivity index (χ1) is 11.7. The molecule has 2 heterocycles. The van der Waals surface area contributed by atoms with Crippen molar-refractivity contribution >= 4 is 38.7 Å². The van der Waals surface area contributed by atoms with Gasteiger partial charge in [0.25, 0.3) is 0 Å². The van der Waals surface area contributed by atoms with Crippen LogP contribution in [0.3, 0.4) is 0 Å². The monoisotopic (exact) mass is 361 g/mol. The van der Waals surface area contributed by atoms with Gasteiger partial charge in [-0.2, -0.15) is 0 Å². The number of anilines is 1. The maximum absolute atomic E-state index is 12.6. The number of benzene rings is 1. The average molecular weight is 361 g/mol. The number of thiazole rings is 1. The molecule has 1 aromatic carbocycles. The topological polar surface area (TPSA) is 71.5 Å². The van der Waals surface area contributed by atoms with Crippen LogP contribution in [0.4, 0.5) is 9.93 Å². The van der Waals surface area contributed by atoms with Gasteiger partial charge in [0, 0.05) is 6.54 Å². The molecular weight excluding hydrogens is 338 g/mol. The SMILES string of the molecule is Cc1ccc2nc(NC(=O)[C@H]3CCCN3C(=O)OC(C)(C)C)sc2c1. The fraction of sp³-hybridized carbons (Fsp3) is 0.500. The highest BCUT2D eigenvalue weighted by Crippen LogP contribution is 2.28. The second kappa shape index (κ2) is 6.63. The van der Waals surface area contributed by atoms with Gasteiger partial charge in [-0.25, -0.2) is 9.78 Å². The predicted octanol–water partition coefficient (Wildman–Crippen LogP) is 3.94. The lowest BCUT2D eigenvalue weighted by atomic mass is 10.2. The zero-order valence-electron chi connectivity index (χ0n) is 15.0. The number of amides is 2. The van der Waals surface area contributed by atoms with Crippen LogP contribution in [0.15, 0.2) is 18.2 Å². The Bertz CT molecular complexity index is 809. The molecule has 6 nitrogen and oxygen atoms in total. The van der Waals surface area contributed by atoms with Crippen molar-refractivity contribution in [2.75, 3.05) is 11.9 Å². The van der Waals surface area contributed by atoms with Gasteiger partial charge in [0.2, 0.25) is 5.91 Å². The molecule has 0 spiro atoms. The van der Waals surface area contributed by atoms with Crippen molar-refractivity contribution < 1.29 is 14.3 Å². The smallest absolute Gasteiger partial charge is 0.410 e. The number of aromatic nitrogens is 1. The van der Waals surface area contributed by atoms with Crippen molar-refractivity contribution in [2.45, 2.75) is 52.2 Å². The van der Waals surface area contributed by atoms with E-state index in [2.05, 4.69) is 10.3 Å². The van der Waals surface area contributed by atoms with Crippen LogP contribution in [-0.4, -0.2) is 40.1 Å². The molecule has 1 aromatic heterocycles. The molecule has 2 amide bonds. The molecular formula is C18H23N3O3S. The molecule has 1 N–H and O–H groups in total. The van der Waals surface area contributed by atoms with Gasteiger partial charge < -0.3 is 10.1 Å². The Morgan fingerprint density at radius 1 is 1.36 bits per heavy atom. The second-order valence-electron chi connectivity index (χ2n) is 7.31. The minimum atomic E-state index is -0.578. The van der Waals surface area contributed by atoms with Crippen LogP contribution >= 0.6 is 11.3 Å². The third-order valence-corrected chi connectivity index (χ3v) is 4.89. The van der Waals surface area contributed by atoms with E-state index in [1.807, 2.05) is 45.9 Å². The van der Waals surface area contributed by atoms with Crippen molar-refractivity contribution in [3.05, 3.63) is 23.8 Å². The number of carbonyl (C=O) groups excluding carboxylic acids is 2. The summed E-state index contributed by atoms with van der Waals surface area (Å²) in [5.41, 5.74) is 1.44. The van der Waals surface area contributed by atoms with E-state index in [0.29, 0.717) is 18.1 Å². The lowest BCUT2D eigenvalue weighted by molar-refractivity contribution is -0.120. The number of aryl methyl sites for hydroxylation is 1. The summed E-state index contributed by atoms with van der Waals surface area (Å²) >= 11 is 1.44. The largest absolute Gasteiger partial charge is 0.444 e. The zero-order chi connectivity index (χ0) is 18.2. The number of carbonyl (C=O) groups is 2. The third kappa shape index (κ3) is 4.10. The van der Waals surface area contributed by atoms with Crippen LogP contribution in [0.1, 0.15) is 39.2 Å². The predicted molar refractivity (Wildman–Crippen MR) is 98.9 cm³/mol. The van der Waals surface area contributed by atoms with Crippen molar-refractivity contribution in [2.24, 2.45) is 0 Å². The number of fused-ring (bicyclic) bond motifs is 1. The molecule has 7 heteroatoms. The summed E-state index contributed by atoms with van der Waals surface area (Å²) in [6, 6.07) is 5.48. The minimum Gasteiger partial charge on any atom is -0.444 e. The van der Waals surface area contributed by atoms with E-state index in [0.717, 1.165) is 22.2 Å². The quantitative estimate of drug-likeness (QED) is 0.879. The number of nitrogens with zero attached hydrogens (tertiary/aromatic N) is 2. The van der Waals surface area contributed by atoms with Gasteiger partial charge in [-0.05, 0) is 58.2 Å². The van der Waals surface area contributed by atoms with Crippen molar-refractivity contribution in [1.82, 2.24) is 9.88 Å². The molecule has 134 valence electrons. The summed E-state index contributed by atoms with van der Waals surface area (Å²) < 4.78 is 6.44. The molecule has 0 aliphatic carbocycles. The van der Waals surface area contributed by atoms with E-state index in [4.69, 9.17) is 4.74 Å². The summed E-state index contributed by atoms with van der Waals surface area (Å²) in [5.74, 6) is -0.209. The highest BCUT2D eigenvalue weighted by atomic mass is 32.1. The molecule has 0 unspecified atom stereocenters. The molecule has 1 fully saturated rings. The van der Waals surface area contributed by atoms with E-state index in [1.165, 1.54) is 16.2 Å². The van der Waals surface area contributed by atoms with Crippen LogP contribution < -0.4 is 5.32 Å². The third-order valence-electron chi connectivity index (χ3n) is 3.96. The van der Waals surface area contributed by atoms with Gasteiger partial charge in [0.1, 0.15) is 11.6 Å². The molecule has 1 saturated heterocycles. The van der Waals surface area contributed by atoms with Crippen LogP contribution in [0.5, 0.6) is 0 Å². The van der Waals surface area contributed by atoms with E-state index in [1.54, 1.807) is 0 Å². The molecule has 0 bridgehead atoms. The Labute approximate surface area is 151 Å². The van der Waals surface area contributed by atoms with Crippen LogP contribution in [0.25, 0.3) is 10.2 Å². The lowest BCUT2D eigenvalue weighted by Gasteiger charge is -2.27. The highest BCUT2D eigenvalue weighted by molar-refractivity contribution is 7.22. The average Bonchev–Trinajstić information content (AvgIpc) is 3.10. The van der Waals surface area contributed by atoms with Crippen LogP contribution in [0.2, 0.25) is 0 Å². The van der Waals surface area contributed by atoms with Crippen molar-refractivity contribution in [1.29, 1.82) is 0 Å². The molecule has 25 heavy (non-hydrogen) atoms. The molecule has 1 aliphatic rings. The molecule has 1 aliphatic heterocycles.